The highest BCUT2D eigenvalue weighted by Gasteiger charge is 2.63. The first-order valence-corrected chi connectivity index (χ1v) is 8.75. The van der Waals surface area contributed by atoms with Gasteiger partial charge in [-0.2, -0.15) is 0 Å². The van der Waals surface area contributed by atoms with E-state index in [1.807, 2.05) is 13.8 Å². The Morgan fingerprint density at radius 3 is 2.77 bits per heavy atom. The molecule has 4 saturated carbocycles. The Balaban J connectivity index is 1.77. The predicted octanol–water partition coefficient (Wildman–Crippen LogP) is 2.93. The first-order chi connectivity index (χ1) is 11.9. The third-order valence-corrected chi connectivity index (χ3v) is 7.55. The predicted molar refractivity (Wildman–Crippen MR) is 84.1 cm³/mol. The van der Waals surface area contributed by atoms with Crippen LogP contribution >= 0.6 is 0 Å². The second-order valence-corrected chi connectivity index (χ2v) is 8.53. The van der Waals surface area contributed by atoms with Gasteiger partial charge in [-0.1, -0.05) is 13.8 Å². The van der Waals surface area contributed by atoms with Crippen LogP contribution in [0.5, 0.6) is 0 Å². The average molecular weight is 310 g/mol. The first kappa shape index (κ1) is 11.2. The Labute approximate surface area is 139 Å². The van der Waals surface area contributed by atoms with Crippen LogP contribution in [0.25, 0.3) is 0 Å². The fraction of sp³-hybridized carbons (Fsp3) is 0.947. The topological polar surface area (TPSA) is 57.5 Å². The van der Waals surface area contributed by atoms with E-state index in [9.17, 15) is 15.0 Å². The number of carbonyl (C=O) groups is 1. The van der Waals surface area contributed by atoms with Crippen molar-refractivity contribution < 1.29 is 20.5 Å². The molecular formula is C19H30O3. The number of rotatable bonds is 0. The van der Waals surface area contributed by atoms with Gasteiger partial charge in [-0.3, -0.25) is 4.79 Å². The van der Waals surface area contributed by atoms with Gasteiger partial charge in [-0.25, -0.2) is 0 Å². The maximum atomic E-state index is 12.5. The van der Waals surface area contributed by atoms with E-state index >= 15 is 0 Å². The molecule has 0 bridgehead atoms. The third-order valence-electron chi connectivity index (χ3n) is 7.55. The van der Waals surface area contributed by atoms with Crippen LogP contribution in [0, 0.1) is 34.5 Å². The zero-order valence-electron chi connectivity index (χ0n) is 17.5. The highest BCUT2D eigenvalue weighted by atomic mass is 16.3. The molecule has 124 valence electrons. The molecule has 4 fully saturated rings. The maximum absolute atomic E-state index is 12.5. The van der Waals surface area contributed by atoms with Crippen LogP contribution in [-0.2, 0) is 4.79 Å². The molecule has 22 heavy (non-hydrogen) atoms. The molecule has 0 amide bonds. The SMILES string of the molecule is [2H]C1([2H])C[C@]2(C)[C@@H]3[C@@H](CC[C@H]2C([2H])([2H])[C@@H]1O)[C@@H]1CCC(=O)[C@@]1(C)C[C@@H]3O. The standard InChI is InChI=1S/C19H30O3/c1-18-8-7-12(20)9-11(18)3-4-13-14-5-6-16(22)19(14,2)10-15(21)17(13)18/h11-15,17,20-21H,3-10H2,1-2H3/t11-,12+,13-,14-,15-,17+,18-,19-/m0/s1/i7D2,9D2. The van der Waals surface area contributed by atoms with Crippen molar-refractivity contribution in [3.8, 4) is 0 Å². The van der Waals surface area contributed by atoms with Crippen molar-refractivity contribution in [1.29, 1.82) is 0 Å². The summed E-state index contributed by atoms with van der Waals surface area (Å²) < 4.78 is 33.5. The Hall–Kier alpha value is -0.410. The van der Waals surface area contributed by atoms with Gasteiger partial charge in [-0.15, -0.1) is 0 Å². The van der Waals surface area contributed by atoms with E-state index in [2.05, 4.69) is 0 Å². The van der Waals surface area contributed by atoms with Crippen molar-refractivity contribution in [2.24, 2.45) is 34.5 Å². The van der Waals surface area contributed by atoms with Gasteiger partial charge in [0.05, 0.1) is 12.2 Å². The van der Waals surface area contributed by atoms with E-state index in [-0.39, 0.29) is 30.0 Å². The molecule has 8 atom stereocenters. The minimum Gasteiger partial charge on any atom is -0.393 e. The molecular weight excluding hydrogens is 276 g/mol. The van der Waals surface area contributed by atoms with Crippen LogP contribution in [0.3, 0.4) is 0 Å². The molecule has 0 aromatic heterocycles. The van der Waals surface area contributed by atoms with Crippen molar-refractivity contribution in [3.63, 3.8) is 0 Å². The first-order valence-electron chi connectivity index (χ1n) is 10.7. The van der Waals surface area contributed by atoms with E-state index < -0.39 is 41.7 Å². The molecule has 3 heteroatoms. The number of Topliss-reactive ketones (excluding diaryl/α,β-unsaturated/α-hetero) is 1. The fourth-order valence-corrected chi connectivity index (χ4v) is 6.46. The van der Waals surface area contributed by atoms with Crippen LogP contribution in [0.4, 0.5) is 0 Å². The average Bonchev–Trinajstić information content (AvgIpc) is 2.79. The number of carbonyl (C=O) groups excluding carboxylic acids is 1. The number of aliphatic hydroxyl groups is 2. The third kappa shape index (κ3) is 1.84. The van der Waals surface area contributed by atoms with Crippen LogP contribution in [0.1, 0.15) is 70.6 Å². The number of ketones is 1. The highest BCUT2D eigenvalue weighted by molar-refractivity contribution is 5.87. The van der Waals surface area contributed by atoms with E-state index in [1.165, 1.54) is 0 Å². The number of aliphatic hydroxyl groups excluding tert-OH is 2. The van der Waals surface area contributed by atoms with Crippen LogP contribution < -0.4 is 0 Å². The molecule has 0 saturated heterocycles. The molecule has 4 aliphatic rings. The lowest BCUT2D eigenvalue weighted by molar-refractivity contribution is -0.175. The van der Waals surface area contributed by atoms with Crippen molar-refractivity contribution >= 4 is 5.78 Å². The second kappa shape index (κ2) is 4.80. The molecule has 0 aliphatic heterocycles. The van der Waals surface area contributed by atoms with Crippen molar-refractivity contribution in [3.05, 3.63) is 0 Å². The van der Waals surface area contributed by atoms with E-state index in [0.29, 0.717) is 19.3 Å². The highest BCUT2D eigenvalue weighted by Crippen LogP contribution is 2.65. The van der Waals surface area contributed by atoms with E-state index in [0.717, 1.165) is 12.8 Å². The largest absolute Gasteiger partial charge is 0.393 e. The summed E-state index contributed by atoms with van der Waals surface area (Å²) in [6.45, 7) is 3.89. The molecule has 0 unspecified atom stereocenters. The van der Waals surface area contributed by atoms with Crippen molar-refractivity contribution in [2.75, 3.05) is 0 Å². The molecule has 0 aromatic rings. The molecule has 3 nitrogen and oxygen atoms in total. The van der Waals surface area contributed by atoms with Gasteiger partial charge in [0.2, 0.25) is 0 Å². The molecule has 2 N–H and O–H groups in total. The van der Waals surface area contributed by atoms with E-state index in [1.54, 1.807) is 0 Å². The lowest BCUT2D eigenvalue weighted by Crippen LogP contribution is -2.59. The smallest absolute Gasteiger partial charge is 0.139 e. The Morgan fingerprint density at radius 2 is 2.00 bits per heavy atom. The van der Waals surface area contributed by atoms with Gasteiger partial charge >= 0.3 is 0 Å². The quantitative estimate of drug-likeness (QED) is 0.723. The van der Waals surface area contributed by atoms with Crippen LogP contribution in [0.15, 0.2) is 0 Å². The minimum absolute atomic E-state index is 0.0565. The Kier molecular flexibility index (Phi) is 2.44. The number of hydrogen-bond donors (Lipinski definition) is 2. The Bertz CT molecular complexity index is 638. The second-order valence-electron chi connectivity index (χ2n) is 8.53. The molecule has 0 aromatic carbocycles. The summed E-state index contributed by atoms with van der Waals surface area (Å²) in [5.74, 6) is -0.144. The van der Waals surface area contributed by atoms with Gasteiger partial charge in [0.15, 0.2) is 0 Å². The van der Waals surface area contributed by atoms with Crippen molar-refractivity contribution in [2.45, 2.75) is 77.3 Å². The molecule has 4 rings (SSSR count). The number of fused-ring (bicyclic) bond motifs is 5. The maximum Gasteiger partial charge on any atom is 0.139 e. The fourth-order valence-electron chi connectivity index (χ4n) is 6.46. The minimum atomic E-state index is -2.03. The van der Waals surface area contributed by atoms with Crippen LogP contribution in [-0.4, -0.2) is 28.2 Å². The summed E-state index contributed by atoms with van der Waals surface area (Å²) in [5, 5.41) is 21.4. The summed E-state index contributed by atoms with van der Waals surface area (Å²) in [7, 11) is 0. The van der Waals surface area contributed by atoms with Gasteiger partial charge in [0, 0.05) is 17.3 Å². The number of hydrogen-bond acceptors (Lipinski definition) is 3. The van der Waals surface area contributed by atoms with Crippen molar-refractivity contribution in [1.82, 2.24) is 0 Å². The van der Waals surface area contributed by atoms with Gasteiger partial charge < -0.3 is 10.2 Å². The van der Waals surface area contributed by atoms with Gasteiger partial charge in [-0.05, 0) is 73.9 Å². The zero-order valence-corrected chi connectivity index (χ0v) is 13.5. The zero-order chi connectivity index (χ0) is 19.3. The lowest BCUT2D eigenvalue weighted by Gasteiger charge is -2.61. The van der Waals surface area contributed by atoms with Gasteiger partial charge in [0.1, 0.15) is 5.78 Å². The van der Waals surface area contributed by atoms with Gasteiger partial charge in [0.25, 0.3) is 0 Å². The normalized spacial score (nSPS) is 65.2. The molecule has 0 radical (unpaired) electrons. The summed E-state index contributed by atoms with van der Waals surface area (Å²) >= 11 is 0. The molecule has 0 heterocycles. The summed E-state index contributed by atoms with van der Waals surface area (Å²) in [4.78, 5) is 12.5. The monoisotopic (exact) mass is 310 g/mol. The summed E-state index contributed by atoms with van der Waals surface area (Å²) in [6, 6.07) is 0. The summed E-state index contributed by atoms with van der Waals surface area (Å²) in [6.07, 6.45) is -3.27. The Morgan fingerprint density at radius 1 is 1.23 bits per heavy atom. The summed E-state index contributed by atoms with van der Waals surface area (Å²) in [5.41, 5.74) is -1.21. The van der Waals surface area contributed by atoms with E-state index in [4.69, 9.17) is 5.48 Å². The molecule has 0 spiro atoms. The lowest BCUT2D eigenvalue weighted by atomic mass is 9.44. The molecule has 4 aliphatic carbocycles. The van der Waals surface area contributed by atoms with Crippen LogP contribution in [0.2, 0.25) is 0 Å².